The van der Waals surface area contributed by atoms with Crippen LogP contribution in [0.2, 0.25) is 0 Å². The molecule has 0 saturated heterocycles. The van der Waals surface area contributed by atoms with E-state index >= 15 is 0 Å². The molecule has 0 spiro atoms. The molecule has 0 aromatic carbocycles. The van der Waals surface area contributed by atoms with E-state index in [9.17, 15) is 4.79 Å². The maximum Gasteiger partial charge on any atom is 0.222 e. The number of hydrogen-bond acceptors (Lipinski definition) is 2. The smallest absolute Gasteiger partial charge is 0.222 e. The van der Waals surface area contributed by atoms with Crippen molar-refractivity contribution in [2.45, 2.75) is 26.7 Å². The second-order valence-electron chi connectivity index (χ2n) is 4.48. The molecule has 0 bridgehead atoms. The number of hydrogen-bond donors (Lipinski definition) is 0. The Morgan fingerprint density at radius 1 is 1.44 bits per heavy atom. The summed E-state index contributed by atoms with van der Waals surface area (Å²) in [4.78, 5) is 17.7. The maximum atomic E-state index is 11.7. The van der Waals surface area contributed by atoms with Crippen LogP contribution in [0.1, 0.15) is 26.0 Å². The minimum atomic E-state index is 0.214. The van der Waals surface area contributed by atoms with E-state index in [1.165, 1.54) is 0 Å². The third-order valence-corrected chi connectivity index (χ3v) is 2.44. The van der Waals surface area contributed by atoms with Crippen LogP contribution in [-0.4, -0.2) is 29.4 Å². The molecule has 16 heavy (non-hydrogen) atoms. The van der Waals surface area contributed by atoms with Crippen molar-refractivity contribution < 1.29 is 4.79 Å². The highest BCUT2D eigenvalue weighted by molar-refractivity contribution is 5.76. The predicted molar refractivity (Wildman–Crippen MR) is 65.0 cm³/mol. The third kappa shape index (κ3) is 4.43. The first-order valence-electron chi connectivity index (χ1n) is 5.73. The van der Waals surface area contributed by atoms with Crippen LogP contribution in [-0.2, 0) is 11.2 Å². The minimum absolute atomic E-state index is 0.214. The normalized spacial score (nSPS) is 10.5. The number of pyridine rings is 1. The van der Waals surface area contributed by atoms with Crippen molar-refractivity contribution in [1.29, 1.82) is 0 Å². The van der Waals surface area contributed by atoms with Gasteiger partial charge in [-0.3, -0.25) is 9.78 Å². The van der Waals surface area contributed by atoms with Gasteiger partial charge in [0.1, 0.15) is 0 Å². The van der Waals surface area contributed by atoms with Gasteiger partial charge < -0.3 is 4.90 Å². The molecule has 0 aliphatic rings. The van der Waals surface area contributed by atoms with Crippen molar-refractivity contribution in [3.63, 3.8) is 0 Å². The minimum Gasteiger partial charge on any atom is -0.345 e. The molecular formula is C13H20N2O. The first kappa shape index (κ1) is 12.7. The zero-order valence-electron chi connectivity index (χ0n) is 10.3. The highest BCUT2D eigenvalue weighted by Gasteiger charge is 2.10. The van der Waals surface area contributed by atoms with Crippen LogP contribution in [0.4, 0.5) is 0 Å². The van der Waals surface area contributed by atoms with Gasteiger partial charge in [-0.05, 0) is 18.1 Å². The van der Waals surface area contributed by atoms with Crippen LogP contribution in [0, 0.1) is 5.92 Å². The first-order valence-corrected chi connectivity index (χ1v) is 5.73. The lowest BCUT2D eigenvalue weighted by Crippen LogP contribution is -2.29. The van der Waals surface area contributed by atoms with Crippen molar-refractivity contribution in [3.8, 4) is 0 Å². The van der Waals surface area contributed by atoms with Crippen LogP contribution < -0.4 is 0 Å². The number of nitrogens with zero attached hydrogens (tertiary/aromatic N) is 2. The van der Waals surface area contributed by atoms with E-state index in [-0.39, 0.29) is 5.91 Å². The van der Waals surface area contributed by atoms with Crippen molar-refractivity contribution in [1.82, 2.24) is 9.88 Å². The fraction of sp³-hybridized carbons (Fsp3) is 0.538. The predicted octanol–water partition coefficient (Wildman–Crippen LogP) is 2.13. The number of likely N-dealkylation sites (N-methyl/N-ethyl adjacent to an activating group) is 1. The zero-order chi connectivity index (χ0) is 12.0. The Morgan fingerprint density at radius 2 is 2.19 bits per heavy atom. The molecule has 0 aliphatic heterocycles. The molecule has 1 heterocycles. The number of aromatic nitrogens is 1. The molecule has 3 nitrogen and oxygen atoms in total. The highest BCUT2D eigenvalue weighted by Crippen LogP contribution is 2.04. The van der Waals surface area contributed by atoms with E-state index in [1.807, 2.05) is 25.2 Å². The molecule has 0 fully saturated rings. The van der Waals surface area contributed by atoms with Crippen molar-refractivity contribution >= 4 is 5.91 Å². The van der Waals surface area contributed by atoms with Gasteiger partial charge in [-0.1, -0.05) is 19.9 Å². The summed E-state index contributed by atoms with van der Waals surface area (Å²) in [7, 11) is 1.85. The Kier molecular flexibility index (Phi) is 4.96. The Hall–Kier alpha value is -1.38. The Labute approximate surface area is 97.5 Å². The number of amides is 1. The largest absolute Gasteiger partial charge is 0.345 e. The average molecular weight is 220 g/mol. The van der Waals surface area contributed by atoms with Crippen LogP contribution >= 0.6 is 0 Å². The highest BCUT2D eigenvalue weighted by atomic mass is 16.2. The zero-order valence-corrected chi connectivity index (χ0v) is 10.3. The molecule has 0 unspecified atom stereocenters. The monoisotopic (exact) mass is 220 g/mol. The van der Waals surface area contributed by atoms with E-state index < -0.39 is 0 Å². The molecule has 1 aromatic rings. The summed E-state index contributed by atoms with van der Waals surface area (Å²) in [5.74, 6) is 0.635. The van der Waals surface area contributed by atoms with Crippen molar-refractivity contribution in [2.24, 2.45) is 5.92 Å². The van der Waals surface area contributed by atoms with Gasteiger partial charge in [0.05, 0.1) is 0 Å². The number of carbonyl (C=O) groups is 1. The van der Waals surface area contributed by atoms with E-state index in [2.05, 4.69) is 18.8 Å². The maximum absolute atomic E-state index is 11.7. The molecule has 0 N–H and O–H groups in total. The topological polar surface area (TPSA) is 33.2 Å². The molecule has 88 valence electrons. The first-order chi connectivity index (χ1) is 7.59. The van der Waals surface area contributed by atoms with Crippen LogP contribution in [0.3, 0.4) is 0 Å². The molecule has 0 saturated carbocycles. The molecule has 0 aliphatic carbocycles. The van der Waals surface area contributed by atoms with Crippen LogP contribution in [0.15, 0.2) is 24.4 Å². The van der Waals surface area contributed by atoms with Crippen molar-refractivity contribution in [2.75, 3.05) is 13.6 Å². The van der Waals surface area contributed by atoms with Crippen LogP contribution in [0.25, 0.3) is 0 Å². The van der Waals surface area contributed by atoms with Gasteiger partial charge in [-0.2, -0.15) is 0 Å². The lowest BCUT2D eigenvalue weighted by Gasteiger charge is -2.17. The summed E-state index contributed by atoms with van der Waals surface area (Å²) in [5.41, 5.74) is 1.03. The molecule has 3 heteroatoms. The Morgan fingerprint density at radius 3 is 2.75 bits per heavy atom. The van der Waals surface area contributed by atoms with Gasteiger partial charge in [0.2, 0.25) is 5.91 Å². The van der Waals surface area contributed by atoms with Gasteiger partial charge >= 0.3 is 0 Å². The Balaban J connectivity index is 2.35. The third-order valence-electron chi connectivity index (χ3n) is 2.44. The van der Waals surface area contributed by atoms with E-state index in [0.29, 0.717) is 12.3 Å². The lowest BCUT2D eigenvalue weighted by atomic mass is 10.1. The molecule has 1 aromatic heterocycles. The quantitative estimate of drug-likeness (QED) is 0.761. The molecule has 1 amide bonds. The van der Waals surface area contributed by atoms with Gasteiger partial charge in [-0.25, -0.2) is 0 Å². The summed E-state index contributed by atoms with van der Waals surface area (Å²) in [6.45, 7) is 4.86. The van der Waals surface area contributed by atoms with Gasteiger partial charge in [0, 0.05) is 38.3 Å². The van der Waals surface area contributed by atoms with Gasteiger partial charge in [-0.15, -0.1) is 0 Å². The summed E-state index contributed by atoms with van der Waals surface area (Å²) in [6.07, 6.45) is 3.23. The molecular weight excluding hydrogens is 200 g/mol. The fourth-order valence-electron chi connectivity index (χ4n) is 1.46. The lowest BCUT2D eigenvalue weighted by molar-refractivity contribution is -0.130. The van der Waals surface area contributed by atoms with E-state index in [0.717, 1.165) is 18.7 Å². The summed E-state index contributed by atoms with van der Waals surface area (Å²) in [6, 6.07) is 5.86. The summed E-state index contributed by atoms with van der Waals surface area (Å²) < 4.78 is 0. The Bertz CT molecular complexity index is 322. The summed E-state index contributed by atoms with van der Waals surface area (Å²) in [5, 5.41) is 0. The second-order valence-corrected chi connectivity index (χ2v) is 4.48. The summed E-state index contributed by atoms with van der Waals surface area (Å²) >= 11 is 0. The average Bonchev–Trinajstić information content (AvgIpc) is 2.26. The fourth-order valence-corrected chi connectivity index (χ4v) is 1.46. The molecule has 0 atom stereocenters. The van der Waals surface area contributed by atoms with Gasteiger partial charge in [0.15, 0.2) is 0 Å². The second kappa shape index (κ2) is 6.26. The van der Waals surface area contributed by atoms with E-state index in [4.69, 9.17) is 0 Å². The van der Waals surface area contributed by atoms with E-state index in [1.54, 1.807) is 11.1 Å². The molecule has 0 radical (unpaired) electrons. The van der Waals surface area contributed by atoms with Crippen LogP contribution in [0.5, 0.6) is 0 Å². The number of carbonyl (C=O) groups excluding carboxylic acids is 1. The SMILES string of the molecule is CC(C)CC(=O)N(C)CCc1ccccn1. The standard InChI is InChI=1S/C13H20N2O/c1-11(2)10-13(16)15(3)9-7-12-6-4-5-8-14-12/h4-6,8,11H,7,9-10H2,1-3H3. The van der Waals surface area contributed by atoms with Gasteiger partial charge in [0.25, 0.3) is 0 Å². The number of rotatable bonds is 5. The molecule has 1 rings (SSSR count). The van der Waals surface area contributed by atoms with Crippen molar-refractivity contribution in [3.05, 3.63) is 30.1 Å².